The van der Waals surface area contributed by atoms with Crippen LogP contribution in [-0.2, 0) is 6.54 Å². The second kappa shape index (κ2) is 7.57. The molecule has 3 rings (SSSR count). The molecule has 0 bridgehead atoms. The van der Waals surface area contributed by atoms with Crippen molar-refractivity contribution < 1.29 is 4.79 Å². The van der Waals surface area contributed by atoms with Gasteiger partial charge in [-0.2, -0.15) is 0 Å². The third-order valence-electron chi connectivity index (χ3n) is 3.85. The summed E-state index contributed by atoms with van der Waals surface area (Å²) in [6.07, 6.45) is 0. The van der Waals surface area contributed by atoms with E-state index in [0.717, 1.165) is 22.4 Å². The van der Waals surface area contributed by atoms with Crippen molar-refractivity contribution in [2.24, 2.45) is 0 Å². The van der Waals surface area contributed by atoms with Crippen molar-refractivity contribution in [3.63, 3.8) is 0 Å². The number of aryl methyl sites for hydroxylation is 2. The highest BCUT2D eigenvalue weighted by atomic mass is 16.1. The largest absolute Gasteiger partial charge is 0.347 e. The molecule has 3 aromatic rings. The van der Waals surface area contributed by atoms with Crippen molar-refractivity contribution in [2.45, 2.75) is 20.4 Å². The van der Waals surface area contributed by atoms with Gasteiger partial charge in [-0.25, -0.2) is 0 Å². The summed E-state index contributed by atoms with van der Waals surface area (Å²) in [5.74, 6) is 0.364. The van der Waals surface area contributed by atoms with E-state index in [1.807, 2.05) is 44.2 Å². The number of anilines is 2. The molecule has 5 heteroatoms. The smallest absolute Gasteiger partial charge is 0.272 e. The molecule has 5 nitrogen and oxygen atoms in total. The normalized spacial score (nSPS) is 10.3. The molecule has 0 aliphatic rings. The van der Waals surface area contributed by atoms with Gasteiger partial charge in [0.05, 0.1) is 0 Å². The Labute approximate surface area is 147 Å². The summed E-state index contributed by atoms with van der Waals surface area (Å²) >= 11 is 0. The quantitative estimate of drug-likeness (QED) is 0.746. The van der Waals surface area contributed by atoms with Crippen LogP contribution in [0.4, 0.5) is 11.5 Å². The average Bonchev–Trinajstić information content (AvgIpc) is 2.64. The predicted octanol–water partition coefficient (Wildman–Crippen LogP) is 3.77. The second-order valence-corrected chi connectivity index (χ2v) is 5.92. The van der Waals surface area contributed by atoms with Gasteiger partial charge in [-0.3, -0.25) is 4.79 Å². The lowest BCUT2D eigenvalue weighted by Crippen LogP contribution is -2.24. The predicted molar refractivity (Wildman–Crippen MR) is 98.8 cm³/mol. The van der Waals surface area contributed by atoms with Gasteiger partial charge in [-0.1, -0.05) is 42.5 Å². The third kappa shape index (κ3) is 4.41. The van der Waals surface area contributed by atoms with Crippen LogP contribution in [0.5, 0.6) is 0 Å². The van der Waals surface area contributed by atoms with E-state index in [1.54, 1.807) is 12.1 Å². The van der Waals surface area contributed by atoms with Crippen LogP contribution in [0.2, 0.25) is 0 Å². The molecule has 2 N–H and O–H groups in total. The minimum atomic E-state index is -0.241. The van der Waals surface area contributed by atoms with Crippen LogP contribution in [0, 0.1) is 13.8 Å². The Morgan fingerprint density at radius 3 is 2.48 bits per heavy atom. The number of aromatic nitrogens is 2. The van der Waals surface area contributed by atoms with Crippen LogP contribution in [0.25, 0.3) is 0 Å². The number of hydrogen-bond acceptors (Lipinski definition) is 4. The van der Waals surface area contributed by atoms with Crippen molar-refractivity contribution in [1.82, 2.24) is 15.5 Å². The number of amides is 1. The van der Waals surface area contributed by atoms with Gasteiger partial charge in [-0.05, 0) is 48.7 Å². The SMILES string of the molecule is Cc1ccc(C)c(Nc2ccc(C(=O)NCc3ccccc3)nn2)c1. The molecule has 0 aliphatic heterocycles. The zero-order valence-corrected chi connectivity index (χ0v) is 14.3. The zero-order valence-electron chi connectivity index (χ0n) is 14.3. The van der Waals surface area contributed by atoms with Gasteiger partial charge in [0, 0.05) is 12.2 Å². The lowest BCUT2D eigenvalue weighted by molar-refractivity contribution is 0.0945. The number of nitrogens with zero attached hydrogens (tertiary/aromatic N) is 2. The maximum Gasteiger partial charge on any atom is 0.272 e. The van der Waals surface area contributed by atoms with Gasteiger partial charge in [-0.15, -0.1) is 10.2 Å². The molecular formula is C20H20N4O. The van der Waals surface area contributed by atoms with Gasteiger partial charge >= 0.3 is 0 Å². The number of benzene rings is 2. The van der Waals surface area contributed by atoms with Crippen molar-refractivity contribution in [3.05, 3.63) is 83.0 Å². The summed E-state index contributed by atoms with van der Waals surface area (Å²) in [7, 11) is 0. The standard InChI is InChI=1S/C20H20N4O/c1-14-8-9-15(2)18(12-14)22-19-11-10-17(23-24-19)20(25)21-13-16-6-4-3-5-7-16/h3-12H,13H2,1-2H3,(H,21,25)(H,22,24). The molecule has 0 unspecified atom stereocenters. The lowest BCUT2D eigenvalue weighted by atomic mass is 10.1. The molecule has 0 radical (unpaired) electrons. The topological polar surface area (TPSA) is 66.9 Å². The Balaban J connectivity index is 1.63. The Morgan fingerprint density at radius 2 is 1.76 bits per heavy atom. The highest BCUT2D eigenvalue weighted by Gasteiger charge is 2.08. The molecular weight excluding hydrogens is 312 g/mol. The van der Waals surface area contributed by atoms with Gasteiger partial charge < -0.3 is 10.6 Å². The van der Waals surface area contributed by atoms with E-state index in [9.17, 15) is 4.79 Å². The van der Waals surface area contributed by atoms with E-state index < -0.39 is 0 Å². The molecule has 25 heavy (non-hydrogen) atoms. The fourth-order valence-electron chi connectivity index (χ4n) is 2.40. The Morgan fingerprint density at radius 1 is 0.960 bits per heavy atom. The van der Waals surface area contributed by atoms with Gasteiger partial charge in [0.25, 0.3) is 5.91 Å². The van der Waals surface area contributed by atoms with Crippen LogP contribution in [0.3, 0.4) is 0 Å². The van der Waals surface area contributed by atoms with E-state index in [2.05, 4.69) is 39.0 Å². The van der Waals surface area contributed by atoms with Crippen LogP contribution < -0.4 is 10.6 Å². The molecule has 0 spiro atoms. The molecule has 1 aromatic heterocycles. The molecule has 1 amide bonds. The van der Waals surface area contributed by atoms with Gasteiger partial charge in [0.15, 0.2) is 11.5 Å². The fourth-order valence-corrected chi connectivity index (χ4v) is 2.40. The van der Waals surface area contributed by atoms with Crippen LogP contribution in [-0.4, -0.2) is 16.1 Å². The lowest BCUT2D eigenvalue weighted by Gasteiger charge is -2.10. The van der Waals surface area contributed by atoms with Crippen molar-refractivity contribution in [3.8, 4) is 0 Å². The van der Waals surface area contributed by atoms with Crippen LogP contribution in [0.15, 0.2) is 60.7 Å². The number of carbonyl (C=O) groups is 1. The van der Waals surface area contributed by atoms with E-state index in [4.69, 9.17) is 0 Å². The minimum absolute atomic E-state index is 0.241. The van der Waals surface area contributed by atoms with Crippen molar-refractivity contribution >= 4 is 17.4 Å². The molecule has 1 heterocycles. The summed E-state index contributed by atoms with van der Waals surface area (Å²) in [6, 6.07) is 19.3. The Bertz CT molecular complexity index is 861. The van der Waals surface area contributed by atoms with Crippen LogP contribution >= 0.6 is 0 Å². The Hall–Kier alpha value is -3.21. The summed E-state index contributed by atoms with van der Waals surface area (Å²) in [5.41, 5.74) is 4.60. The first-order valence-corrected chi connectivity index (χ1v) is 8.12. The second-order valence-electron chi connectivity index (χ2n) is 5.92. The number of hydrogen-bond donors (Lipinski definition) is 2. The van der Waals surface area contributed by atoms with E-state index >= 15 is 0 Å². The highest BCUT2D eigenvalue weighted by molar-refractivity contribution is 5.92. The maximum atomic E-state index is 12.2. The van der Waals surface area contributed by atoms with E-state index in [0.29, 0.717) is 18.1 Å². The molecule has 2 aromatic carbocycles. The summed E-state index contributed by atoms with van der Waals surface area (Å²) in [6.45, 7) is 4.53. The number of nitrogens with one attached hydrogen (secondary N) is 2. The molecule has 0 aliphatic carbocycles. The van der Waals surface area contributed by atoms with E-state index in [1.165, 1.54) is 0 Å². The first-order valence-electron chi connectivity index (χ1n) is 8.12. The Kier molecular flexibility index (Phi) is 5.04. The van der Waals surface area contributed by atoms with Crippen molar-refractivity contribution in [2.75, 3.05) is 5.32 Å². The van der Waals surface area contributed by atoms with Gasteiger partial charge in [0.1, 0.15) is 0 Å². The number of rotatable bonds is 5. The molecule has 0 saturated carbocycles. The first-order chi connectivity index (χ1) is 12.1. The molecule has 0 atom stereocenters. The third-order valence-corrected chi connectivity index (χ3v) is 3.85. The van der Waals surface area contributed by atoms with Crippen LogP contribution in [0.1, 0.15) is 27.2 Å². The summed E-state index contributed by atoms with van der Waals surface area (Å²) in [5, 5.41) is 14.2. The zero-order chi connectivity index (χ0) is 17.6. The molecule has 0 saturated heterocycles. The monoisotopic (exact) mass is 332 g/mol. The fraction of sp³-hybridized carbons (Fsp3) is 0.150. The summed E-state index contributed by atoms with van der Waals surface area (Å²) < 4.78 is 0. The average molecular weight is 332 g/mol. The molecule has 0 fully saturated rings. The van der Waals surface area contributed by atoms with Crippen molar-refractivity contribution in [1.29, 1.82) is 0 Å². The summed E-state index contributed by atoms with van der Waals surface area (Å²) in [4.78, 5) is 12.2. The minimum Gasteiger partial charge on any atom is -0.347 e. The number of carbonyl (C=O) groups excluding carboxylic acids is 1. The first kappa shape index (κ1) is 16.6. The highest BCUT2D eigenvalue weighted by Crippen LogP contribution is 2.20. The van der Waals surface area contributed by atoms with Gasteiger partial charge in [0.2, 0.25) is 0 Å². The maximum absolute atomic E-state index is 12.2. The molecule has 126 valence electrons. The van der Waals surface area contributed by atoms with E-state index in [-0.39, 0.29) is 5.91 Å².